The molecule has 1 saturated carbocycles. The lowest BCUT2D eigenvalue weighted by molar-refractivity contribution is -0.126. The molecule has 6 heteroatoms. The van der Waals surface area contributed by atoms with Crippen LogP contribution in [0.5, 0.6) is 5.75 Å². The highest BCUT2D eigenvalue weighted by Gasteiger charge is 2.37. The van der Waals surface area contributed by atoms with Gasteiger partial charge in [0.05, 0.1) is 18.8 Å². The maximum Gasteiger partial charge on any atom is 0.240 e. The lowest BCUT2D eigenvalue weighted by Crippen LogP contribution is -2.55. The minimum Gasteiger partial charge on any atom is -0.495 e. The molecule has 4 rings (SSSR count). The van der Waals surface area contributed by atoms with E-state index in [0.717, 1.165) is 53.6 Å². The summed E-state index contributed by atoms with van der Waals surface area (Å²) in [4.78, 5) is 21.1. The maximum absolute atomic E-state index is 13.2. The van der Waals surface area contributed by atoms with Gasteiger partial charge in [-0.05, 0) is 43.5 Å². The van der Waals surface area contributed by atoms with Crippen molar-refractivity contribution in [3.05, 3.63) is 60.0 Å². The number of methoxy groups -OCH3 is 1. The van der Waals surface area contributed by atoms with Crippen molar-refractivity contribution in [1.29, 1.82) is 0 Å². The second-order valence-corrected chi connectivity index (χ2v) is 9.06. The van der Waals surface area contributed by atoms with Gasteiger partial charge >= 0.3 is 0 Å². The van der Waals surface area contributed by atoms with Crippen LogP contribution in [0.3, 0.4) is 0 Å². The Hall–Kier alpha value is -2.86. The fraction of sp³-hybridized carbons (Fsp3) is 0.440. The smallest absolute Gasteiger partial charge is 0.240 e. The molecule has 2 heterocycles. The Morgan fingerprint density at radius 2 is 2.00 bits per heavy atom. The van der Waals surface area contributed by atoms with Crippen LogP contribution in [0, 0.1) is 0 Å². The largest absolute Gasteiger partial charge is 0.495 e. The first-order chi connectivity index (χ1) is 14.9. The molecule has 31 heavy (non-hydrogen) atoms. The Morgan fingerprint density at radius 1 is 1.23 bits per heavy atom. The molecule has 0 radical (unpaired) electrons. The molecule has 1 aliphatic rings. The van der Waals surface area contributed by atoms with Gasteiger partial charge in [-0.1, -0.05) is 37.5 Å². The van der Waals surface area contributed by atoms with Crippen molar-refractivity contribution in [3.8, 4) is 5.75 Å². The SMILES string of the molecule is COc1ccc(C2(CNC(=O)[C@@](C)(N)Cc3c[nH]c4ccccc34)CCCCC2)nc1. The molecule has 1 amide bonds. The molecule has 0 saturated heterocycles. The third-order valence-corrected chi connectivity index (χ3v) is 6.66. The Morgan fingerprint density at radius 3 is 2.71 bits per heavy atom. The normalized spacial score (nSPS) is 17.8. The molecule has 0 aliphatic heterocycles. The zero-order valence-corrected chi connectivity index (χ0v) is 18.4. The van der Waals surface area contributed by atoms with Crippen LogP contribution in [0.15, 0.2) is 48.8 Å². The highest BCUT2D eigenvalue weighted by molar-refractivity contribution is 5.88. The average Bonchev–Trinajstić information content (AvgIpc) is 3.20. The number of H-pyrrole nitrogens is 1. The fourth-order valence-electron chi connectivity index (χ4n) is 4.77. The molecule has 4 N–H and O–H groups in total. The highest BCUT2D eigenvalue weighted by Crippen LogP contribution is 2.38. The van der Waals surface area contributed by atoms with Crippen molar-refractivity contribution in [3.63, 3.8) is 0 Å². The number of hydrogen-bond donors (Lipinski definition) is 3. The minimum absolute atomic E-state index is 0.128. The first-order valence-corrected chi connectivity index (χ1v) is 11.1. The Labute approximate surface area is 183 Å². The Bertz CT molecular complexity index is 1030. The summed E-state index contributed by atoms with van der Waals surface area (Å²) in [5.41, 5.74) is 8.49. The van der Waals surface area contributed by atoms with Crippen LogP contribution in [0.4, 0.5) is 0 Å². The van der Waals surface area contributed by atoms with Crippen LogP contribution in [0.2, 0.25) is 0 Å². The fourth-order valence-corrected chi connectivity index (χ4v) is 4.77. The molecule has 0 bridgehead atoms. The van der Waals surface area contributed by atoms with Crippen molar-refractivity contribution in [2.75, 3.05) is 13.7 Å². The molecule has 1 aliphatic carbocycles. The second kappa shape index (κ2) is 8.71. The van der Waals surface area contributed by atoms with Crippen molar-refractivity contribution < 1.29 is 9.53 Å². The summed E-state index contributed by atoms with van der Waals surface area (Å²) >= 11 is 0. The van der Waals surface area contributed by atoms with Crippen LogP contribution in [-0.4, -0.2) is 35.1 Å². The maximum atomic E-state index is 13.2. The lowest BCUT2D eigenvalue weighted by Gasteiger charge is -2.38. The number of nitrogens with one attached hydrogen (secondary N) is 2. The van der Waals surface area contributed by atoms with E-state index >= 15 is 0 Å². The van der Waals surface area contributed by atoms with Gasteiger partial charge in [0.15, 0.2) is 0 Å². The quantitative estimate of drug-likeness (QED) is 0.541. The molecule has 1 aromatic carbocycles. The minimum atomic E-state index is -1.01. The number of aromatic amines is 1. The average molecular weight is 421 g/mol. The van der Waals surface area contributed by atoms with Crippen LogP contribution >= 0.6 is 0 Å². The topological polar surface area (TPSA) is 93.0 Å². The summed E-state index contributed by atoms with van der Waals surface area (Å²) < 4.78 is 5.26. The van der Waals surface area contributed by atoms with Gasteiger partial charge in [-0.2, -0.15) is 0 Å². The predicted octanol–water partition coefficient (Wildman–Crippen LogP) is 3.85. The second-order valence-electron chi connectivity index (χ2n) is 9.06. The molecular weight excluding hydrogens is 388 g/mol. The van der Waals surface area contributed by atoms with Crippen molar-refractivity contribution in [2.45, 2.75) is 56.4 Å². The third-order valence-electron chi connectivity index (χ3n) is 6.66. The van der Waals surface area contributed by atoms with E-state index in [9.17, 15) is 4.79 Å². The number of aromatic nitrogens is 2. The number of nitrogens with zero attached hydrogens (tertiary/aromatic N) is 1. The highest BCUT2D eigenvalue weighted by atomic mass is 16.5. The van der Waals surface area contributed by atoms with Gasteiger partial charge in [0.2, 0.25) is 5.91 Å². The number of nitrogens with two attached hydrogens (primary N) is 1. The van der Waals surface area contributed by atoms with Gasteiger partial charge in [-0.3, -0.25) is 9.78 Å². The summed E-state index contributed by atoms with van der Waals surface area (Å²) in [5.74, 6) is 0.614. The van der Waals surface area contributed by atoms with E-state index in [0.29, 0.717) is 13.0 Å². The molecule has 1 atom stereocenters. The molecule has 2 aromatic heterocycles. The monoisotopic (exact) mass is 420 g/mol. The molecule has 0 spiro atoms. The number of benzene rings is 1. The number of amides is 1. The van der Waals surface area contributed by atoms with Crippen LogP contribution in [-0.2, 0) is 16.6 Å². The number of fused-ring (bicyclic) bond motifs is 1. The van der Waals surface area contributed by atoms with Gasteiger partial charge in [0, 0.05) is 41.2 Å². The van der Waals surface area contributed by atoms with E-state index in [4.69, 9.17) is 10.5 Å². The number of ether oxygens (including phenoxy) is 1. The summed E-state index contributed by atoms with van der Waals surface area (Å²) in [6.45, 7) is 2.36. The zero-order chi connectivity index (χ0) is 21.9. The first-order valence-electron chi connectivity index (χ1n) is 11.1. The Balaban J connectivity index is 1.48. The third kappa shape index (κ3) is 4.44. The van der Waals surface area contributed by atoms with Gasteiger partial charge in [-0.25, -0.2) is 0 Å². The number of hydrogen-bond acceptors (Lipinski definition) is 4. The molecule has 0 unspecified atom stereocenters. The van der Waals surface area contributed by atoms with Crippen molar-refractivity contribution in [1.82, 2.24) is 15.3 Å². The number of pyridine rings is 1. The van der Waals surface area contributed by atoms with Crippen LogP contribution < -0.4 is 15.8 Å². The van der Waals surface area contributed by atoms with Crippen molar-refractivity contribution in [2.24, 2.45) is 5.73 Å². The number of carbonyl (C=O) groups excluding carboxylic acids is 1. The molecule has 164 valence electrons. The summed E-state index contributed by atoms with van der Waals surface area (Å²) in [5, 5.41) is 4.29. The summed E-state index contributed by atoms with van der Waals surface area (Å²) in [6, 6.07) is 12.1. The molecule has 6 nitrogen and oxygen atoms in total. The van der Waals surface area contributed by atoms with Gasteiger partial charge in [-0.15, -0.1) is 0 Å². The molecule has 1 fully saturated rings. The van der Waals surface area contributed by atoms with E-state index in [1.54, 1.807) is 13.3 Å². The van der Waals surface area contributed by atoms with E-state index in [1.807, 2.05) is 43.5 Å². The van der Waals surface area contributed by atoms with E-state index in [1.165, 1.54) is 6.42 Å². The standard InChI is InChI=1S/C25H32N4O2/c1-24(26,14-18-15-27-21-9-5-4-8-20(18)21)23(30)29-17-25(12-6-3-7-13-25)22-11-10-19(31-2)16-28-22/h4-5,8-11,15-16,27H,3,6-7,12-14,17,26H2,1-2H3,(H,29,30)/t24-/m0/s1. The summed E-state index contributed by atoms with van der Waals surface area (Å²) in [7, 11) is 1.64. The van der Waals surface area contributed by atoms with E-state index < -0.39 is 5.54 Å². The number of rotatable bonds is 7. The molecule has 3 aromatic rings. The van der Waals surface area contributed by atoms with Gasteiger partial charge < -0.3 is 20.8 Å². The zero-order valence-electron chi connectivity index (χ0n) is 18.4. The Kier molecular flexibility index (Phi) is 6.01. The van der Waals surface area contributed by atoms with Crippen LogP contribution in [0.25, 0.3) is 10.9 Å². The lowest BCUT2D eigenvalue weighted by atomic mass is 9.71. The van der Waals surface area contributed by atoms with E-state index in [2.05, 4.69) is 21.4 Å². The van der Waals surface area contributed by atoms with E-state index in [-0.39, 0.29) is 11.3 Å². The number of para-hydroxylation sites is 1. The predicted molar refractivity (Wildman–Crippen MR) is 123 cm³/mol. The van der Waals surface area contributed by atoms with Crippen LogP contribution in [0.1, 0.15) is 50.3 Å². The number of carbonyl (C=O) groups is 1. The first kappa shape index (κ1) is 21.4. The van der Waals surface area contributed by atoms with Gasteiger partial charge in [0.25, 0.3) is 0 Å². The summed E-state index contributed by atoms with van der Waals surface area (Å²) in [6.07, 6.45) is 9.70. The van der Waals surface area contributed by atoms with Crippen molar-refractivity contribution >= 4 is 16.8 Å². The van der Waals surface area contributed by atoms with Gasteiger partial charge in [0.1, 0.15) is 5.75 Å². The molecular formula is C25H32N4O2.